The van der Waals surface area contributed by atoms with Crippen molar-refractivity contribution in [3.8, 4) is 11.1 Å². The van der Waals surface area contributed by atoms with Crippen molar-refractivity contribution in [3.63, 3.8) is 0 Å². The fourth-order valence-corrected chi connectivity index (χ4v) is 7.26. The number of H-pyrrole nitrogens is 2. The molecule has 258 valence electrons. The highest BCUT2D eigenvalue weighted by Crippen LogP contribution is 2.44. The number of nitrogens with zero attached hydrogens (tertiary/aromatic N) is 5. The van der Waals surface area contributed by atoms with Crippen LogP contribution >= 0.6 is 12.4 Å². The fraction of sp³-hybridized carbons (Fsp3) is 0.136. The Morgan fingerprint density at radius 1 is 0.558 bits per heavy atom. The number of aromatic nitrogens is 4. The zero-order valence-electron chi connectivity index (χ0n) is 29.5. The first-order chi connectivity index (χ1) is 24.9. The summed E-state index contributed by atoms with van der Waals surface area (Å²) < 4.78 is 0. The molecule has 5 aliphatic heterocycles. The first-order valence-electron chi connectivity index (χ1n) is 17.5. The summed E-state index contributed by atoms with van der Waals surface area (Å²) in [4.78, 5) is 24.7. The number of likely N-dealkylation sites (N-methyl/N-ethyl adjacent to an activating group) is 3. The summed E-state index contributed by atoms with van der Waals surface area (Å²) in [5.74, 6) is 0. The Hall–Kier alpha value is -6.05. The van der Waals surface area contributed by atoms with E-state index in [-0.39, 0.29) is 12.4 Å². The van der Waals surface area contributed by atoms with Crippen LogP contribution in [0.15, 0.2) is 121 Å². The molecule has 1 aromatic carbocycles. The molecule has 0 saturated carbocycles. The van der Waals surface area contributed by atoms with E-state index in [4.69, 9.17) is 9.97 Å². The SMILES string of the molecule is CN1C=CC(C2=Cc3cc4ccc(cc5nc(cc6[nH]c(c(C7=CCN(C)C=C7)c2n3)c(C2=CCN(C)C=C2)c6-c2ccccc2)C=C5)[nH]4)=CC1.Cl. The van der Waals surface area contributed by atoms with Crippen molar-refractivity contribution in [2.75, 3.05) is 40.8 Å². The zero-order valence-corrected chi connectivity index (χ0v) is 30.3. The van der Waals surface area contributed by atoms with Crippen LogP contribution in [-0.4, -0.2) is 75.4 Å². The maximum atomic E-state index is 5.50. The first kappa shape index (κ1) is 33.1. The van der Waals surface area contributed by atoms with E-state index >= 15 is 0 Å². The van der Waals surface area contributed by atoms with E-state index in [9.17, 15) is 0 Å². The predicted molar refractivity (Wildman–Crippen MR) is 220 cm³/mol. The molecule has 0 aliphatic carbocycles. The molecule has 9 rings (SSSR count). The van der Waals surface area contributed by atoms with Gasteiger partial charge in [0.2, 0.25) is 0 Å². The van der Waals surface area contributed by atoms with Gasteiger partial charge in [0.25, 0.3) is 0 Å². The van der Waals surface area contributed by atoms with Crippen LogP contribution in [-0.2, 0) is 0 Å². The van der Waals surface area contributed by atoms with Crippen molar-refractivity contribution in [2.45, 2.75) is 0 Å². The van der Waals surface area contributed by atoms with Gasteiger partial charge in [-0.2, -0.15) is 0 Å². The number of benzene rings is 1. The van der Waals surface area contributed by atoms with Gasteiger partial charge in [-0.15, -0.1) is 12.4 Å². The Kier molecular flexibility index (Phi) is 8.65. The minimum absolute atomic E-state index is 0. The number of nitrogens with one attached hydrogen (secondary N) is 2. The van der Waals surface area contributed by atoms with Crippen molar-refractivity contribution in [2.24, 2.45) is 0 Å². The minimum Gasteiger partial charge on any atom is -0.377 e. The van der Waals surface area contributed by atoms with Crippen molar-refractivity contribution >= 4 is 69.4 Å². The molecule has 0 spiro atoms. The summed E-state index contributed by atoms with van der Waals surface area (Å²) in [5.41, 5.74) is 16.8. The molecule has 0 radical (unpaired) electrons. The maximum absolute atomic E-state index is 5.50. The molecule has 4 aromatic rings. The number of hydrogen-bond donors (Lipinski definition) is 2. The maximum Gasteiger partial charge on any atom is 0.0815 e. The van der Waals surface area contributed by atoms with E-state index in [1.807, 2.05) is 0 Å². The van der Waals surface area contributed by atoms with Gasteiger partial charge in [0, 0.05) is 79.6 Å². The largest absolute Gasteiger partial charge is 0.377 e. The van der Waals surface area contributed by atoms with Crippen LogP contribution in [0.1, 0.15) is 33.9 Å². The van der Waals surface area contributed by atoms with Crippen molar-refractivity contribution in [3.05, 3.63) is 155 Å². The Bertz CT molecular complexity index is 2500. The third-order valence-electron chi connectivity index (χ3n) is 9.89. The summed E-state index contributed by atoms with van der Waals surface area (Å²) in [6.07, 6.45) is 26.5. The van der Waals surface area contributed by atoms with E-state index in [0.717, 1.165) is 97.9 Å². The summed E-state index contributed by atoms with van der Waals surface area (Å²) in [6, 6.07) is 21.4. The number of hydrogen-bond acceptors (Lipinski definition) is 5. The molecule has 8 bridgehead atoms. The third kappa shape index (κ3) is 6.24. The molecule has 0 saturated heterocycles. The van der Waals surface area contributed by atoms with E-state index in [2.05, 4.69) is 180 Å². The lowest BCUT2D eigenvalue weighted by Gasteiger charge is -2.22. The van der Waals surface area contributed by atoms with Gasteiger partial charge in [0.15, 0.2) is 0 Å². The van der Waals surface area contributed by atoms with Crippen LogP contribution in [0.25, 0.3) is 68.1 Å². The lowest BCUT2D eigenvalue weighted by atomic mass is 9.89. The highest BCUT2D eigenvalue weighted by molar-refractivity contribution is 6.08. The van der Waals surface area contributed by atoms with Gasteiger partial charge in [0.1, 0.15) is 0 Å². The van der Waals surface area contributed by atoms with Crippen LogP contribution in [0.3, 0.4) is 0 Å². The fourth-order valence-electron chi connectivity index (χ4n) is 7.26. The van der Waals surface area contributed by atoms with Crippen molar-refractivity contribution in [1.29, 1.82) is 0 Å². The second kappa shape index (κ2) is 13.6. The lowest BCUT2D eigenvalue weighted by molar-refractivity contribution is 0.503. The van der Waals surface area contributed by atoms with Gasteiger partial charge >= 0.3 is 0 Å². The summed E-state index contributed by atoms with van der Waals surface area (Å²) in [6.45, 7) is 2.45. The number of aromatic amines is 2. The molecular formula is C44H40ClN7. The number of halogens is 1. The second-order valence-electron chi connectivity index (χ2n) is 13.7. The smallest absolute Gasteiger partial charge is 0.0815 e. The second-order valence-corrected chi connectivity index (χ2v) is 13.7. The Balaban J connectivity index is 0.00000387. The summed E-state index contributed by atoms with van der Waals surface area (Å²) >= 11 is 0. The first-order valence-corrected chi connectivity index (χ1v) is 17.5. The van der Waals surface area contributed by atoms with Gasteiger partial charge in [-0.05, 0) is 108 Å². The van der Waals surface area contributed by atoms with E-state index in [0.29, 0.717) is 0 Å². The van der Waals surface area contributed by atoms with Gasteiger partial charge in [-0.1, -0.05) is 48.6 Å². The molecule has 3 aromatic heterocycles. The van der Waals surface area contributed by atoms with Crippen molar-refractivity contribution in [1.82, 2.24) is 34.6 Å². The van der Waals surface area contributed by atoms with Gasteiger partial charge in [-0.25, -0.2) is 9.97 Å². The zero-order chi connectivity index (χ0) is 34.5. The normalized spacial score (nSPS) is 16.4. The molecule has 0 amide bonds. The summed E-state index contributed by atoms with van der Waals surface area (Å²) in [5, 5.41) is 0. The number of fused-ring (bicyclic) bond motifs is 8. The molecule has 7 nitrogen and oxygen atoms in total. The average molecular weight is 702 g/mol. The van der Waals surface area contributed by atoms with Gasteiger partial charge in [-0.3, -0.25) is 0 Å². The van der Waals surface area contributed by atoms with Crippen molar-refractivity contribution < 1.29 is 0 Å². The van der Waals surface area contributed by atoms with Crippen LogP contribution in [0.4, 0.5) is 0 Å². The molecule has 0 fully saturated rings. The molecule has 8 heteroatoms. The molecular weight excluding hydrogens is 662 g/mol. The lowest BCUT2D eigenvalue weighted by Crippen LogP contribution is -2.15. The highest BCUT2D eigenvalue weighted by Gasteiger charge is 2.26. The monoisotopic (exact) mass is 701 g/mol. The predicted octanol–water partition coefficient (Wildman–Crippen LogP) is 9.19. The Morgan fingerprint density at radius 3 is 1.75 bits per heavy atom. The van der Waals surface area contributed by atoms with Gasteiger partial charge in [0.05, 0.1) is 28.3 Å². The van der Waals surface area contributed by atoms with Crippen LogP contribution in [0.2, 0.25) is 0 Å². The molecule has 52 heavy (non-hydrogen) atoms. The third-order valence-corrected chi connectivity index (χ3v) is 9.89. The topological polar surface area (TPSA) is 67.1 Å². The van der Waals surface area contributed by atoms with Crippen LogP contribution < -0.4 is 0 Å². The van der Waals surface area contributed by atoms with Gasteiger partial charge < -0.3 is 24.7 Å². The molecule has 5 aliphatic rings. The van der Waals surface area contributed by atoms with E-state index in [1.165, 1.54) is 11.1 Å². The molecule has 0 unspecified atom stereocenters. The van der Waals surface area contributed by atoms with E-state index in [1.54, 1.807) is 0 Å². The van der Waals surface area contributed by atoms with E-state index < -0.39 is 0 Å². The Labute approximate surface area is 310 Å². The molecule has 8 heterocycles. The van der Waals surface area contributed by atoms with Crippen LogP contribution in [0, 0.1) is 0 Å². The Morgan fingerprint density at radius 2 is 1.13 bits per heavy atom. The molecule has 2 N–H and O–H groups in total. The average Bonchev–Trinajstić information content (AvgIpc) is 3.95. The minimum atomic E-state index is 0. The highest BCUT2D eigenvalue weighted by atomic mass is 35.5. The quantitative estimate of drug-likeness (QED) is 0.196. The number of allylic oxidation sites excluding steroid dienone is 7. The standard InChI is InChI=1S/C44H39N7.ClH/c1-49-19-13-29(14-20-49)38-27-37-26-35-10-9-33(45-35)25-34-11-12-36(46-34)28-39-40(30-7-5-4-6-8-30)41(31-15-21-50(2)22-16-31)44(48-39)42(43(38)47-37)32-17-23-51(3)24-18-32;/h4-19,21,23,25-28,45,48H,20,22,24H2,1-3H3;1H. The molecule has 0 atom stereocenters. The summed E-state index contributed by atoms with van der Waals surface area (Å²) in [7, 11) is 6.33. The number of rotatable bonds is 4. The van der Waals surface area contributed by atoms with Crippen LogP contribution in [0.5, 0.6) is 0 Å².